The molecule has 1 aromatic heterocycles. The molecule has 0 aliphatic carbocycles. The first kappa shape index (κ1) is 19.1. The fourth-order valence-corrected chi connectivity index (χ4v) is 3.67. The first-order valence-electron chi connectivity index (χ1n) is 9.93. The van der Waals surface area contributed by atoms with Crippen LogP contribution in [0.15, 0.2) is 60.7 Å². The molecule has 29 heavy (non-hydrogen) atoms. The fourth-order valence-electron chi connectivity index (χ4n) is 3.67. The molecule has 2 heterocycles. The van der Waals surface area contributed by atoms with Gasteiger partial charge in [0.1, 0.15) is 11.6 Å². The monoisotopic (exact) mass is 389 g/mol. The first-order valence-corrected chi connectivity index (χ1v) is 9.93. The molecular formula is C23H27N5O. The Balaban J connectivity index is 1.51. The molecule has 0 unspecified atom stereocenters. The summed E-state index contributed by atoms with van der Waals surface area (Å²) < 4.78 is 5.52. The highest BCUT2D eigenvalue weighted by Gasteiger charge is 2.22. The van der Waals surface area contributed by atoms with E-state index >= 15 is 0 Å². The van der Waals surface area contributed by atoms with Crippen LogP contribution in [-0.4, -0.2) is 50.3 Å². The topological polar surface area (TPSA) is 44.7 Å². The zero-order chi connectivity index (χ0) is 20.2. The molecule has 0 spiro atoms. The van der Waals surface area contributed by atoms with Crippen LogP contribution in [-0.2, 0) is 0 Å². The molecule has 1 aliphatic heterocycles. The maximum atomic E-state index is 5.52. The summed E-state index contributed by atoms with van der Waals surface area (Å²) in [5, 5.41) is 0. The maximum absolute atomic E-state index is 5.52. The van der Waals surface area contributed by atoms with Gasteiger partial charge in [0.2, 0.25) is 5.95 Å². The molecule has 1 saturated heterocycles. The second-order valence-electron chi connectivity index (χ2n) is 7.21. The lowest BCUT2D eigenvalue weighted by Crippen LogP contribution is -2.47. The smallest absolute Gasteiger partial charge is 0.227 e. The second kappa shape index (κ2) is 8.39. The van der Waals surface area contributed by atoms with Crippen LogP contribution >= 0.6 is 0 Å². The molecule has 0 bridgehead atoms. The Bertz CT molecular complexity index is 954. The summed E-state index contributed by atoms with van der Waals surface area (Å²) >= 11 is 0. The van der Waals surface area contributed by atoms with E-state index in [2.05, 4.69) is 39.0 Å². The highest BCUT2D eigenvalue weighted by molar-refractivity contribution is 5.61. The zero-order valence-electron chi connectivity index (χ0n) is 17.2. The number of para-hydroxylation sites is 3. The number of aromatic nitrogens is 2. The Morgan fingerprint density at radius 2 is 1.52 bits per heavy atom. The second-order valence-corrected chi connectivity index (χ2v) is 7.21. The lowest BCUT2D eigenvalue weighted by atomic mass is 10.2. The van der Waals surface area contributed by atoms with Gasteiger partial charge >= 0.3 is 0 Å². The highest BCUT2D eigenvalue weighted by atomic mass is 16.5. The van der Waals surface area contributed by atoms with Crippen molar-refractivity contribution in [2.75, 3.05) is 55.0 Å². The molecule has 1 fully saturated rings. The van der Waals surface area contributed by atoms with Crippen molar-refractivity contribution < 1.29 is 4.74 Å². The van der Waals surface area contributed by atoms with Gasteiger partial charge in [-0.2, -0.15) is 4.98 Å². The minimum Gasteiger partial charge on any atom is -0.495 e. The van der Waals surface area contributed by atoms with E-state index in [1.54, 1.807) is 7.11 Å². The lowest BCUT2D eigenvalue weighted by molar-refractivity contribution is 0.413. The Labute approximate surface area is 172 Å². The van der Waals surface area contributed by atoms with Gasteiger partial charge in [-0.25, -0.2) is 4.98 Å². The van der Waals surface area contributed by atoms with Crippen molar-refractivity contribution in [1.82, 2.24) is 9.97 Å². The van der Waals surface area contributed by atoms with Crippen LogP contribution in [0.1, 0.15) is 5.69 Å². The number of hydrogen-bond donors (Lipinski definition) is 0. The molecule has 4 rings (SSSR count). The van der Waals surface area contributed by atoms with Crippen LogP contribution in [0.4, 0.5) is 23.1 Å². The summed E-state index contributed by atoms with van der Waals surface area (Å²) in [6.45, 7) is 5.58. The van der Waals surface area contributed by atoms with Gasteiger partial charge in [-0.3, -0.25) is 0 Å². The molecule has 0 saturated carbocycles. The average Bonchev–Trinajstić information content (AvgIpc) is 2.79. The van der Waals surface area contributed by atoms with Crippen molar-refractivity contribution in [3.63, 3.8) is 0 Å². The molecule has 0 amide bonds. The van der Waals surface area contributed by atoms with E-state index in [1.807, 2.05) is 50.4 Å². The summed E-state index contributed by atoms with van der Waals surface area (Å²) in [6, 6.07) is 20.5. The Hall–Kier alpha value is -3.28. The van der Waals surface area contributed by atoms with E-state index in [1.165, 1.54) is 0 Å². The van der Waals surface area contributed by atoms with Gasteiger partial charge in [-0.05, 0) is 31.2 Å². The molecule has 0 N–H and O–H groups in total. The van der Waals surface area contributed by atoms with Gasteiger partial charge in [-0.1, -0.05) is 30.3 Å². The van der Waals surface area contributed by atoms with E-state index in [9.17, 15) is 0 Å². The number of rotatable bonds is 5. The van der Waals surface area contributed by atoms with Gasteiger partial charge in [0.15, 0.2) is 0 Å². The van der Waals surface area contributed by atoms with Crippen molar-refractivity contribution in [2.24, 2.45) is 0 Å². The summed E-state index contributed by atoms with van der Waals surface area (Å²) in [5.74, 6) is 2.62. The van der Waals surface area contributed by atoms with Crippen LogP contribution in [0.2, 0.25) is 0 Å². The average molecular weight is 390 g/mol. The summed E-state index contributed by atoms with van der Waals surface area (Å²) in [5.41, 5.74) is 3.22. The third-order valence-corrected chi connectivity index (χ3v) is 5.30. The number of benzene rings is 2. The number of piperazine rings is 1. The van der Waals surface area contributed by atoms with Crippen LogP contribution in [0, 0.1) is 6.92 Å². The van der Waals surface area contributed by atoms with E-state index in [0.29, 0.717) is 0 Å². The summed E-state index contributed by atoms with van der Waals surface area (Å²) in [6.07, 6.45) is 0. The van der Waals surface area contributed by atoms with Crippen LogP contribution in [0.3, 0.4) is 0 Å². The van der Waals surface area contributed by atoms with Crippen LogP contribution < -0.4 is 19.4 Å². The standard InChI is InChI=1S/C23H27N5O/c1-18-17-22(26(2)19-9-5-4-6-10-19)25-23(24-18)28-15-13-27(14-16-28)20-11-7-8-12-21(20)29-3/h4-12,17H,13-16H2,1-3H3. The fraction of sp³-hybridized carbons (Fsp3) is 0.304. The van der Waals surface area contributed by atoms with Crippen molar-refractivity contribution >= 4 is 23.1 Å². The molecule has 3 aromatic rings. The molecule has 0 radical (unpaired) electrons. The lowest BCUT2D eigenvalue weighted by Gasteiger charge is -2.37. The van der Waals surface area contributed by atoms with Crippen molar-refractivity contribution in [3.05, 3.63) is 66.4 Å². The molecule has 1 aliphatic rings. The first-order chi connectivity index (χ1) is 14.2. The summed E-state index contributed by atoms with van der Waals surface area (Å²) in [4.78, 5) is 16.3. The molecular weight excluding hydrogens is 362 g/mol. The van der Waals surface area contributed by atoms with Gasteiger partial charge in [0.25, 0.3) is 0 Å². The van der Waals surface area contributed by atoms with E-state index in [0.717, 1.165) is 60.8 Å². The third kappa shape index (κ3) is 4.11. The van der Waals surface area contributed by atoms with E-state index in [-0.39, 0.29) is 0 Å². The number of nitrogens with zero attached hydrogens (tertiary/aromatic N) is 5. The quantitative estimate of drug-likeness (QED) is 0.660. The van der Waals surface area contributed by atoms with Gasteiger partial charge in [0, 0.05) is 50.7 Å². The molecule has 0 atom stereocenters. The van der Waals surface area contributed by atoms with Crippen LogP contribution in [0.5, 0.6) is 5.75 Å². The van der Waals surface area contributed by atoms with Gasteiger partial charge in [0.05, 0.1) is 12.8 Å². The van der Waals surface area contributed by atoms with Gasteiger partial charge in [-0.15, -0.1) is 0 Å². The van der Waals surface area contributed by atoms with Crippen molar-refractivity contribution in [2.45, 2.75) is 6.92 Å². The zero-order valence-corrected chi connectivity index (χ0v) is 17.2. The number of hydrogen-bond acceptors (Lipinski definition) is 6. The largest absolute Gasteiger partial charge is 0.495 e. The predicted molar refractivity (Wildman–Crippen MR) is 119 cm³/mol. The Morgan fingerprint density at radius 1 is 0.862 bits per heavy atom. The molecule has 150 valence electrons. The number of ether oxygens (including phenoxy) is 1. The van der Waals surface area contributed by atoms with Crippen molar-refractivity contribution in [1.29, 1.82) is 0 Å². The summed E-state index contributed by atoms with van der Waals surface area (Å²) in [7, 11) is 3.76. The number of aryl methyl sites for hydroxylation is 1. The Kier molecular flexibility index (Phi) is 5.51. The minimum absolute atomic E-state index is 0.794. The minimum atomic E-state index is 0.794. The molecule has 2 aromatic carbocycles. The van der Waals surface area contributed by atoms with Crippen LogP contribution in [0.25, 0.3) is 0 Å². The normalized spacial score (nSPS) is 14.0. The van der Waals surface area contributed by atoms with Crippen molar-refractivity contribution in [3.8, 4) is 5.75 Å². The number of methoxy groups -OCH3 is 1. The SMILES string of the molecule is COc1ccccc1N1CCN(c2nc(C)cc(N(C)c3ccccc3)n2)CC1. The predicted octanol–water partition coefficient (Wildman–Crippen LogP) is 3.89. The van der Waals surface area contributed by atoms with E-state index < -0.39 is 0 Å². The maximum Gasteiger partial charge on any atom is 0.227 e. The van der Waals surface area contributed by atoms with E-state index in [4.69, 9.17) is 14.7 Å². The van der Waals surface area contributed by atoms with Gasteiger partial charge < -0.3 is 19.4 Å². The molecule has 6 heteroatoms. The highest BCUT2D eigenvalue weighted by Crippen LogP contribution is 2.29. The Morgan fingerprint density at radius 3 is 2.24 bits per heavy atom. The number of anilines is 4. The molecule has 6 nitrogen and oxygen atoms in total. The third-order valence-electron chi connectivity index (χ3n) is 5.30.